The monoisotopic (exact) mass is 300 g/mol. The van der Waals surface area contributed by atoms with Crippen LogP contribution in [0.25, 0.3) is 0 Å². The molecule has 2 N–H and O–H groups in total. The minimum absolute atomic E-state index is 0.0319. The number of carbonyl (C=O) groups excluding carboxylic acids is 1. The molecule has 0 aliphatic rings. The maximum atomic E-state index is 12.0. The number of alkyl halides is 2. The fourth-order valence-electron chi connectivity index (χ4n) is 1.88. The van der Waals surface area contributed by atoms with Gasteiger partial charge in [-0.3, -0.25) is 4.79 Å². The Balaban J connectivity index is 2.23. The molecule has 1 rings (SSSR count). The Morgan fingerprint density at radius 2 is 1.90 bits per heavy atom. The summed E-state index contributed by atoms with van der Waals surface area (Å²) >= 11 is 0. The van der Waals surface area contributed by atoms with Gasteiger partial charge in [-0.1, -0.05) is 12.1 Å². The van der Waals surface area contributed by atoms with Crippen LogP contribution in [0.15, 0.2) is 24.3 Å². The predicted octanol–water partition coefficient (Wildman–Crippen LogP) is 2.33. The number of halogens is 2. The van der Waals surface area contributed by atoms with Gasteiger partial charge in [-0.15, -0.1) is 0 Å². The van der Waals surface area contributed by atoms with Crippen molar-refractivity contribution in [1.29, 1.82) is 0 Å². The molecule has 1 atom stereocenters. The number of rotatable bonds is 9. The number of nitrogens with one attached hydrogen (secondary N) is 2. The van der Waals surface area contributed by atoms with Crippen LogP contribution in [-0.2, 0) is 11.2 Å². The van der Waals surface area contributed by atoms with E-state index in [-0.39, 0.29) is 11.7 Å². The van der Waals surface area contributed by atoms with E-state index >= 15 is 0 Å². The summed E-state index contributed by atoms with van der Waals surface area (Å²) in [6.07, 6.45) is 1.78. The summed E-state index contributed by atoms with van der Waals surface area (Å²) in [4.78, 5) is 10.7. The number of hydrogen-bond donors (Lipinski definition) is 2. The zero-order chi connectivity index (χ0) is 15.7. The smallest absolute Gasteiger partial charge is 0.387 e. The van der Waals surface area contributed by atoms with E-state index in [1.165, 1.54) is 6.92 Å². The van der Waals surface area contributed by atoms with E-state index in [0.29, 0.717) is 12.6 Å². The quantitative estimate of drug-likeness (QED) is 0.688. The lowest BCUT2D eigenvalue weighted by atomic mass is 10.1. The van der Waals surface area contributed by atoms with Crippen LogP contribution in [-0.4, -0.2) is 31.7 Å². The summed E-state index contributed by atoms with van der Waals surface area (Å²) < 4.78 is 28.3. The highest BCUT2D eigenvalue weighted by molar-refractivity contribution is 5.72. The number of hydrogen-bond acceptors (Lipinski definition) is 3. The number of carbonyl (C=O) groups is 1. The van der Waals surface area contributed by atoms with Crippen LogP contribution < -0.4 is 15.4 Å². The molecule has 0 aliphatic carbocycles. The Hall–Kier alpha value is -1.69. The molecular formula is C15H22F2N2O2. The molecule has 4 nitrogen and oxygen atoms in total. The third-order valence-corrected chi connectivity index (χ3v) is 3.01. The van der Waals surface area contributed by atoms with Crippen LogP contribution >= 0.6 is 0 Å². The molecule has 0 aromatic heterocycles. The van der Waals surface area contributed by atoms with Crippen molar-refractivity contribution in [2.24, 2.45) is 0 Å². The van der Waals surface area contributed by atoms with Crippen molar-refractivity contribution in [3.63, 3.8) is 0 Å². The molecule has 0 heterocycles. The molecule has 0 saturated carbocycles. The van der Waals surface area contributed by atoms with Gasteiger partial charge in [0.15, 0.2) is 0 Å². The summed E-state index contributed by atoms with van der Waals surface area (Å²) in [5.74, 6) is 0.144. The molecule has 0 fully saturated rings. The summed E-state index contributed by atoms with van der Waals surface area (Å²) in [5, 5.41) is 6.03. The van der Waals surface area contributed by atoms with Crippen molar-refractivity contribution in [2.75, 3.05) is 13.1 Å². The summed E-state index contributed by atoms with van der Waals surface area (Å²) in [5.41, 5.74) is 1.08. The fraction of sp³-hybridized carbons (Fsp3) is 0.533. The summed E-state index contributed by atoms with van der Waals surface area (Å²) in [6, 6.07) is 7.01. The Labute approximate surface area is 123 Å². The Morgan fingerprint density at radius 1 is 1.24 bits per heavy atom. The standard InChI is InChI=1S/C15H22F2N2O2/c1-11(18-9-10-19-12(2)20)3-4-13-5-7-14(8-6-13)21-15(16)17/h5-8,11,15,18H,3-4,9-10H2,1-2H3,(H,19,20). The molecule has 0 radical (unpaired) electrons. The number of amides is 1. The highest BCUT2D eigenvalue weighted by Crippen LogP contribution is 2.16. The second-order valence-corrected chi connectivity index (χ2v) is 4.90. The van der Waals surface area contributed by atoms with Crippen LogP contribution in [0.5, 0.6) is 5.75 Å². The molecule has 0 aliphatic heterocycles. The molecule has 1 unspecified atom stereocenters. The highest BCUT2D eigenvalue weighted by Gasteiger charge is 2.05. The van der Waals surface area contributed by atoms with E-state index in [0.717, 1.165) is 24.9 Å². The van der Waals surface area contributed by atoms with E-state index in [1.54, 1.807) is 24.3 Å². The van der Waals surface area contributed by atoms with E-state index < -0.39 is 6.61 Å². The van der Waals surface area contributed by atoms with Gasteiger partial charge in [0, 0.05) is 26.1 Å². The van der Waals surface area contributed by atoms with Crippen LogP contribution in [0, 0.1) is 0 Å². The minimum Gasteiger partial charge on any atom is -0.435 e. The molecule has 0 saturated heterocycles. The van der Waals surface area contributed by atoms with Gasteiger partial charge in [0.25, 0.3) is 0 Å². The van der Waals surface area contributed by atoms with Crippen LogP contribution in [0.3, 0.4) is 0 Å². The summed E-state index contributed by atoms with van der Waals surface area (Å²) in [7, 11) is 0. The third kappa shape index (κ3) is 8.24. The van der Waals surface area contributed by atoms with Crippen molar-refractivity contribution in [1.82, 2.24) is 10.6 Å². The van der Waals surface area contributed by atoms with E-state index in [4.69, 9.17) is 0 Å². The van der Waals surface area contributed by atoms with Crippen LogP contribution in [0.4, 0.5) is 8.78 Å². The lowest BCUT2D eigenvalue weighted by Gasteiger charge is -2.14. The van der Waals surface area contributed by atoms with Crippen molar-refractivity contribution < 1.29 is 18.3 Å². The van der Waals surface area contributed by atoms with Gasteiger partial charge in [0.2, 0.25) is 5.91 Å². The first-order chi connectivity index (χ1) is 9.97. The molecule has 118 valence electrons. The topological polar surface area (TPSA) is 50.4 Å². The third-order valence-electron chi connectivity index (χ3n) is 3.01. The van der Waals surface area contributed by atoms with E-state index in [1.807, 2.05) is 0 Å². The first-order valence-electron chi connectivity index (χ1n) is 6.99. The van der Waals surface area contributed by atoms with Crippen molar-refractivity contribution >= 4 is 5.91 Å². The lowest BCUT2D eigenvalue weighted by molar-refractivity contribution is -0.118. The molecule has 0 spiro atoms. The van der Waals surface area contributed by atoms with Crippen LogP contribution in [0.2, 0.25) is 0 Å². The van der Waals surface area contributed by atoms with Gasteiger partial charge in [0.05, 0.1) is 0 Å². The van der Waals surface area contributed by atoms with Crippen molar-refractivity contribution in [3.8, 4) is 5.75 Å². The highest BCUT2D eigenvalue weighted by atomic mass is 19.3. The molecule has 21 heavy (non-hydrogen) atoms. The molecule has 1 aromatic carbocycles. The first-order valence-corrected chi connectivity index (χ1v) is 6.99. The second kappa shape index (κ2) is 9.28. The predicted molar refractivity (Wildman–Crippen MR) is 77.5 cm³/mol. The van der Waals surface area contributed by atoms with Gasteiger partial charge in [-0.25, -0.2) is 0 Å². The van der Waals surface area contributed by atoms with Gasteiger partial charge >= 0.3 is 6.61 Å². The number of ether oxygens (including phenoxy) is 1. The largest absolute Gasteiger partial charge is 0.435 e. The molecule has 1 amide bonds. The van der Waals surface area contributed by atoms with Crippen molar-refractivity contribution in [2.45, 2.75) is 39.3 Å². The molecule has 0 bridgehead atoms. The SMILES string of the molecule is CC(=O)NCCNC(C)CCc1ccc(OC(F)F)cc1. The average molecular weight is 300 g/mol. The van der Waals surface area contributed by atoms with Gasteiger partial charge in [-0.05, 0) is 37.5 Å². The Morgan fingerprint density at radius 3 is 2.48 bits per heavy atom. The number of aryl methyl sites for hydroxylation is 1. The second-order valence-electron chi connectivity index (χ2n) is 4.90. The van der Waals surface area contributed by atoms with Crippen LogP contribution in [0.1, 0.15) is 25.8 Å². The zero-order valence-electron chi connectivity index (χ0n) is 12.4. The maximum absolute atomic E-state index is 12.0. The van der Waals surface area contributed by atoms with Gasteiger partial charge in [0.1, 0.15) is 5.75 Å². The Bertz CT molecular complexity index is 424. The van der Waals surface area contributed by atoms with Gasteiger partial charge in [-0.2, -0.15) is 8.78 Å². The van der Waals surface area contributed by atoms with E-state index in [9.17, 15) is 13.6 Å². The normalized spacial score (nSPS) is 12.2. The number of benzene rings is 1. The lowest BCUT2D eigenvalue weighted by Crippen LogP contribution is -2.35. The fourth-order valence-corrected chi connectivity index (χ4v) is 1.88. The first kappa shape index (κ1) is 17.4. The van der Waals surface area contributed by atoms with E-state index in [2.05, 4.69) is 22.3 Å². The molecular weight excluding hydrogens is 278 g/mol. The summed E-state index contributed by atoms with van der Waals surface area (Å²) in [6.45, 7) is 2.11. The zero-order valence-corrected chi connectivity index (χ0v) is 12.4. The maximum Gasteiger partial charge on any atom is 0.387 e. The average Bonchev–Trinajstić information content (AvgIpc) is 2.42. The minimum atomic E-state index is -2.79. The molecule has 6 heteroatoms. The van der Waals surface area contributed by atoms with Gasteiger partial charge < -0.3 is 15.4 Å². The Kier molecular flexibility index (Phi) is 7.68. The molecule has 1 aromatic rings. The van der Waals surface area contributed by atoms with Crippen molar-refractivity contribution in [3.05, 3.63) is 29.8 Å².